The summed E-state index contributed by atoms with van der Waals surface area (Å²) in [6.07, 6.45) is 5.12. The van der Waals surface area contributed by atoms with Gasteiger partial charge in [-0.05, 0) is 43.1 Å². The topological polar surface area (TPSA) is 142 Å². The highest BCUT2D eigenvalue weighted by atomic mass is 32.2. The summed E-state index contributed by atoms with van der Waals surface area (Å²) in [5.74, 6) is -1.17. The van der Waals surface area contributed by atoms with Gasteiger partial charge in [-0.15, -0.1) is 0 Å². The van der Waals surface area contributed by atoms with Gasteiger partial charge >= 0.3 is 5.97 Å². The van der Waals surface area contributed by atoms with Gasteiger partial charge in [0.15, 0.2) is 11.7 Å². The molecule has 3 heterocycles. The lowest BCUT2D eigenvalue weighted by molar-refractivity contribution is -0.139. The fourth-order valence-electron chi connectivity index (χ4n) is 5.29. The number of hydrogen-bond donors (Lipinski definition) is 2. The number of benzene rings is 1. The van der Waals surface area contributed by atoms with Crippen LogP contribution in [0.15, 0.2) is 41.3 Å². The van der Waals surface area contributed by atoms with Crippen LogP contribution in [0.5, 0.6) is 5.88 Å². The summed E-state index contributed by atoms with van der Waals surface area (Å²) < 4.78 is 33.0. The first-order chi connectivity index (χ1) is 19.2. The molecule has 1 saturated heterocycles. The van der Waals surface area contributed by atoms with Gasteiger partial charge < -0.3 is 20.1 Å². The average molecular weight is 588 g/mol. The molecule has 0 radical (unpaired) electrons. The first-order valence-corrected chi connectivity index (χ1v) is 15.7. The Kier molecular flexibility index (Phi) is 8.64. The zero-order chi connectivity index (χ0) is 28.3. The van der Waals surface area contributed by atoms with E-state index in [9.17, 15) is 18.0 Å². The van der Waals surface area contributed by atoms with Crippen molar-refractivity contribution in [2.45, 2.75) is 42.9 Å². The van der Waals surface area contributed by atoms with Crippen LogP contribution in [0.1, 0.15) is 43.6 Å². The number of carboxylic acids is 1. The summed E-state index contributed by atoms with van der Waals surface area (Å²) in [7, 11) is -1.62. The van der Waals surface area contributed by atoms with E-state index < -0.39 is 28.5 Å². The highest BCUT2D eigenvalue weighted by Gasteiger charge is 2.30. The van der Waals surface area contributed by atoms with Crippen molar-refractivity contribution >= 4 is 48.7 Å². The molecule has 1 atom stereocenters. The van der Waals surface area contributed by atoms with Crippen molar-refractivity contribution in [2.24, 2.45) is 5.92 Å². The van der Waals surface area contributed by atoms with Crippen molar-refractivity contribution in [3.8, 4) is 5.88 Å². The van der Waals surface area contributed by atoms with Gasteiger partial charge in [-0.2, -0.15) is 4.31 Å². The number of likely N-dealkylation sites (N-methyl/N-ethyl adjacent to an activating group) is 1. The molecule has 2 aliphatic rings. The van der Waals surface area contributed by atoms with Crippen LogP contribution >= 0.6 is 11.3 Å². The maximum Gasteiger partial charge on any atom is 0.341 e. The Balaban J connectivity index is 1.34. The number of thiazole rings is 1. The molecule has 0 bridgehead atoms. The van der Waals surface area contributed by atoms with Gasteiger partial charge in [0.25, 0.3) is 0 Å². The number of aromatic nitrogens is 2. The quantitative estimate of drug-likeness (QED) is 0.365. The van der Waals surface area contributed by atoms with Crippen LogP contribution in [0.25, 0.3) is 10.3 Å². The minimum atomic E-state index is -3.60. The molecule has 1 aliphatic carbocycles. The molecule has 0 unspecified atom stereocenters. The summed E-state index contributed by atoms with van der Waals surface area (Å²) in [5, 5.41) is 12.1. The van der Waals surface area contributed by atoms with Crippen LogP contribution in [0.3, 0.4) is 0 Å². The highest BCUT2D eigenvalue weighted by Crippen LogP contribution is 2.36. The smallest absolute Gasteiger partial charge is 0.341 e. The third kappa shape index (κ3) is 6.60. The number of anilines is 1. The van der Waals surface area contributed by atoms with E-state index >= 15 is 0 Å². The van der Waals surface area contributed by atoms with Crippen LogP contribution in [0, 0.1) is 5.92 Å². The zero-order valence-corrected chi connectivity index (χ0v) is 23.9. The van der Waals surface area contributed by atoms with Gasteiger partial charge in [0.1, 0.15) is 10.3 Å². The molecule has 40 heavy (non-hydrogen) atoms. The molecule has 2 N–H and O–H groups in total. The number of aliphatic carboxylic acids is 1. The van der Waals surface area contributed by atoms with Crippen LogP contribution in [0.4, 0.5) is 5.13 Å². The number of fused-ring (bicyclic) bond motifs is 1. The Morgan fingerprint density at radius 2 is 1.77 bits per heavy atom. The Morgan fingerprint density at radius 3 is 2.45 bits per heavy atom. The van der Waals surface area contributed by atoms with E-state index in [4.69, 9.17) is 9.84 Å². The number of amides is 1. The Hall–Kier alpha value is -3.13. The Morgan fingerprint density at radius 1 is 1.07 bits per heavy atom. The highest BCUT2D eigenvalue weighted by molar-refractivity contribution is 7.89. The largest absolute Gasteiger partial charge is 0.479 e. The average Bonchev–Trinajstić information content (AvgIpc) is 3.60. The number of pyridine rings is 1. The second kappa shape index (κ2) is 12.2. The van der Waals surface area contributed by atoms with Gasteiger partial charge in [-0.1, -0.05) is 49.2 Å². The minimum Gasteiger partial charge on any atom is -0.479 e. The van der Waals surface area contributed by atoms with E-state index in [0.717, 1.165) is 31.2 Å². The fourth-order valence-corrected chi connectivity index (χ4v) is 7.54. The number of nitrogens with zero attached hydrogens (tertiary/aromatic N) is 4. The normalized spacial score (nSPS) is 18.1. The van der Waals surface area contributed by atoms with Gasteiger partial charge in [-0.25, -0.2) is 23.2 Å². The number of nitrogens with one attached hydrogen (secondary N) is 1. The number of carboxylic acid groups (broad SMARTS) is 1. The zero-order valence-electron chi connectivity index (χ0n) is 22.3. The molecule has 5 rings (SSSR count). The van der Waals surface area contributed by atoms with Gasteiger partial charge in [0.05, 0.1) is 10.8 Å². The third-order valence-electron chi connectivity index (χ3n) is 7.55. The van der Waals surface area contributed by atoms with E-state index in [2.05, 4.69) is 20.2 Å². The molecule has 214 valence electrons. The lowest BCUT2D eigenvalue weighted by Crippen LogP contribution is -2.47. The number of carbonyl (C=O) groups is 2. The van der Waals surface area contributed by atoms with Crippen molar-refractivity contribution in [2.75, 3.05) is 45.2 Å². The first-order valence-electron chi connectivity index (χ1n) is 13.4. The molecule has 3 aromatic rings. The van der Waals surface area contributed by atoms with Crippen molar-refractivity contribution in [3.63, 3.8) is 0 Å². The predicted molar refractivity (Wildman–Crippen MR) is 151 cm³/mol. The third-order valence-corrected chi connectivity index (χ3v) is 10.3. The molecule has 13 heteroatoms. The van der Waals surface area contributed by atoms with Crippen LogP contribution in [0.2, 0.25) is 0 Å². The Labute approximate surface area is 237 Å². The number of hydrogen-bond acceptors (Lipinski definition) is 9. The van der Waals surface area contributed by atoms with Gasteiger partial charge in [0, 0.05) is 32.2 Å². The summed E-state index contributed by atoms with van der Waals surface area (Å²) in [4.78, 5) is 36.0. The molecule has 1 amide bonds. The van der Waals surface area contributed by atoms with E-state index in [1.165, 1.54) is 21.7 Å². The molecule has 1 aliphatic heterocycles. The number of sulfonamides is 1. The molecule has 2 aromatic heterocycles. The molecule has 1 aromatic carbocycles. The van der Waals surface area contributed by atoms with Crippen LogP contribution < -0.4 is 10.1 Å². The van der Waals surface area contributed by atoms with Gasteiger partial charge in [-0.3, -0.25) is 4.79 Å². The van der Waals surface area contributed by atoms with E-state index in [-0.39, 0.29) is 16.7 Å². The standard InChI is InChI=1S/C27H33N5O6S2/c1-31-12-14-32(15-13-31)40(36,37)20-8-6-19(7-9-20)21(16-18-4-2-3-5-18)25(35)30-27-28-22-10-11-23(29-26(22)39-27)38-17-24(33)34/h6-11,18,21H,2-5,12-17H2,1H3,(H,33,34)(H,28,30,35)/t21-/m1/s1. The molecular weight excluding hydrogens is 554 g/mol. The summed E-state index contributed by atoms with van der Waals surface area (Å²) in [6.45, 7) is 1.80. The van der Waals surface area contributed by atoms with Gasteiger partial charge in [0.2, 0.25) is 21.8 Å². The molecule has 11 nitrogen and oxygen atoms in total. The van der Waals surface area contributed by atoms with Crippen LogP contribution in [-0.4, -0.2) is 84.4 Å². The number of ether oxygens (including phenoxy) is 1. The number of carbonyl (C=O) groups excluding carboxylic acids is 1. The SMILES string of the molecule is CN1CCN(S(=O)(=O)c2ccc([C@@H](CC3CCCC3)C(=O)Nc3nc4ccc(OCC(=O)O)nc4s3)cc2)CC1. The van der Waals surface area contributed by atoms with E-state index in [1.807, 2.05) is 7.05 Å². The lowest BCUT2D eigenvalue weighted by Gasteiger charge is -2.31. The first kappa shape index (κ1) is 28.4. The predicted octanol–water partition coefficient (Wildman–Crippen LogP) is 3.39. The van der Waals surface area contributed by atoms with Crippen molar-refractivity contribution in [1.29, 1.82) is 0 Å². The monoisotopic (exact) mass is 587 g/mol. The summed E-state index contributed by atoms with van der Waals surface area (Å²) in [5.41, 5.74) is 1.33. The second-order valence-electron chi connectivity index (χ2n) is 10.4. The molecule has 1 saturated carbocycles. The fraction of sp³-hybridized carbons (Fsp3) is 0.481. The molecule has 2 fully saturated rings. The number of piperazine rings is 1. The summed E-state index contributed by atoms with van der Waals surface area (Å²) in [6, 6.07) is 9.94. The van der Waals surface area contributed by atoms with Crippen molar-refractivity contribution in [1.82, 2.24) is 19.2 Å². The lowest BCUT2D eigenvalue weighted by atomic mass is 9.87. The van der Waals surface area contributed by atoms with Crippen molar-refractivity contribution < 1.29 is 27.9 Å². The van der Waals surface area contributed by atoms with E-state index in [0.29, 0.717) is 54.0 Å². The summed E-state index contributed by atoms with van der Waals surface area (Å²) >= 11 is 1.18. The maximum atomic E-state index is 13.6. The van der Waals surface area contributed by atoms with Crippen molar-refractivity contribution in [3.05, 3.63) is 42.0 Å². The minimum absolute atomic E-state index is 0.169. The maximum absolute atomic E-state index is 13.6. The van der Waals surface area contributed by atoms with E-state index in [1.54, 1.807) is 30.3 Å². The van der Waals surface area contributed by atoms with Crippen LogP contribution in [-0.2, 0) is 19.6 Å². The second-order valence-corrected chi connectivity index (χ2v) is 13.3. The molecule has 0 spiro atoms. The number of rotatable bonds is 10. The Bertz CT molecular complexity index is 1460. The molecular formula is C27H33N5O6S2.